The zero-order chi connectivity index (χ0) is 22.7. The number of hydrogen-bond acceptors (Lipinski definition) is 6. The quantitative estimate of drug-likeness (QED) is 0.646. The Morgan fingerprint density at radius 2 is 1.84 bits per heavy atom. The Bertz CT molecular complexity index is 1020. The van der Waals surface area contributed by atoms with Gasteiger partial charge < -0.3 is 23.8 Å². The summed E-state index contributed by atoms with van der Waals surface area (Å²) in [6, 6.07) is 10.6. The van der Waals surface area contributed by atoms with Gasteiger partial charge in [0.15, 0.2) is 17.3 Å². The van der Waals surface area contributed by atoms with Crippen molar-refractivity contribution in [3.63, 3.8) is 0 Å². The number of hydrogen-bond donors (Lipinski definition) is 0. The number of nitrogens with zero attached hydrogens (tertiary/aromatic N) is 1. The Labute approximate surface area is 192 Å². The lowest BCUT2D eigenvalue weighted by Gasteiger charge is -2.44. The van der Waals surface area contributed by atoms with Crippen LogP contribution in [0.5, 0.6) is 23.0 Å². The number of carbonyl (C=O) groups is 2. The van der Waals surface area contributed by atoms with Gasteiger partial charge in [0.25, 0.3) is 0 Å². The molecule has 32 heavy (non-hydrogen) atoms. The van der Waals surface area contributed by atoms with Crippen LogP contribution in [-0.2, 0) is 4.79 Å². The highest BCUT2D eigenvalue weighted by atomic mass is 35.5. The van der Waals surface area contributed by atoms with E-state index in [-0.39, 0.29) is 31.1 Å². The second-order valence-electron chi connectivity index (χ2n) is 7.97. The van der Waals surface area contributed by atoms with Gasteiger partial charge in [0.2, 0.25) is 11.7 Å². The number of fused-ring (bicyclic) bond motifs is 1. The predicted octanol–water partition coefficient (Wildman–Crippen LogP) is 4.15. The van der Waals surface area contributed by atoms with Crippen LogP contribution >= 0.6 is 11.6 Å². The fraction of sp³-hybridized carbons (Fsp3) is 0.417. The topological polar surface area (TPSA) is 74.3 Å². The molecular formula is C24H26ClNO6. The monoisotopic (exact) mass is 459 g/mol. The lowest BCUT2D eigenvalue weighted by molar-refractivity contribution is -0.135. The Morgan fingerprint density at radius 3 is 2.53 bits per heavy atom. The van der Waals surface area contributed by atoms with Crippen LogP contribution in [0.1, 0.15) is 36.0 Å². The summed E-state index contributed by atoms with van der Waals surface area (Å²) in [7, 11) is 3.07. The minimum Gasteiger partial charge on any atom is -0.493 e. The van der Waals surface area contributed by atoms with E-state index in [1.165, 1.54) is 7.11 Å². The molecule has 1 spiro atoms. The highest BCUT2D eigenvalue weighted by Gasteiger charge is 2.45. The Hall–Kier alpha value is -2.93. The molecule has 0 N–H and O–H groups in total. The maximum atomic E-state index is 12.9. The molecular weight excluding hydrogens is 434 g/mol. The molecule has 0 unspecified atom stereocenters. The van der Waals surface area contributed by atoms with Crippen LogP contribution in [0.15, 0.2) is 36.4 Å². The number of benzene rings is 2. The predicted molar refractivity (Wildman–Crippen MR) is 119 cm³/mol. The maximum absolute atomic E-state index is 12.9. The first kappa shape index (κ1) is 22.3. The molecule has 2 heterocycles. The van der Waals surface area contributed by atoms with E-state index in [2.05, 4.69) is 0 Å². The normalized spacial score (nSPS) is 16.8. The van der Waals surface area contributed by atoms with Crippen molar-refractivity contribution in [2.75, 3.05) is 33.9 Å². The van der Waals surface area contributed by atoms with E-state index in [9.17, 15) is 9.59 Å². The number of ether oxygens (including phenoxy) is 4. The standard InChI is InChI=1S/C24H26ClNO6/c1-29-20-8-7-16-18(27)15-24(32-22(16)23(20)30-2)10-12-26(13-11-24)21(28)9-14-31-19-6-4-3-5-17(19)25/h3-8H,9-15H2,1-2H3. The second kappa shape index (κ2) is 9.28. The summed E-state index contributed by atoms with van der Waals surface area (Å²) in [4.78, 5) is 27.3. The van der Waals surface area contributed by atoms with Crippen LogP contribution in [0.2, 0.25) is 5.02 Å². The summed E-state index contributed by atoms with van der Waals surface area (Å²) in [6.45, 7) is 1.28. The number of para-hydroxylation sites is 1. The van der Waals surface area contributed by atoms with Gasteiger partial charge >= 0.3 is 0 Å². The Morgan fingerprint density at radius 1 is 1.09 bits per heavy atom. The van der Waals surface area contributed by atoms with Crippen molar-refractivity contribution in [3.8, 4) is 23.0 Å². The van der Waals surface area contributed by atoms with E-state index >= 15 is 0 Å². The number of rotatable bonds is 6. The zero-order valence-corrected chi connectivity index (χ0v) is 18.9. The van der Waals surface area contributed by atoms with Crippen molar-refractivity contribution in [2.24, 2.45) is 0 Å². The molecule has 1 fully saturated rings. The maximum Gasteiger partial charge on any atom is 0.226 e. The van der Waals surface area contributed by atoms with Gasteiger partial charge in [-0.2, -0.15) is 0 Å². The summed E-state index contributed by atoms with van der Waals surface area (Å²) in [6.07, 6.45) is 1.67. The van der Waals surface area contributed by atoms with Gasteiger partial charge in [0, 0.05) is 25.9 Å². The number of methoxy groups -OCH3 is 2. The number of carbonyl (C=O) groups excluding carboxylic acids is 2. The fourth-order valence-electron chi connectivity index (χ4n) is 4.27. The molecule has 4 rings (SSSR count). The molecule has 1 amide bonds. The van der Waals surface area contributed by atoms with Crippen LogP contribution < -0.4 is 18.9 Å². The summed E-state index contributed by atoms with van der Waals surface area (Å²) < 4.78 is 22.8. The van der Waals surface area contributed by atoms with Gasteiger partial charge in [0.05, 0.1) is 44.3 Å². The summed E-state index contributed by atoms with van der Waals surface area (Å²) in [5, 5.41) is 0.520. The van der Waals surface area contributed by atoms with Gasteiger partial charge in [-0.25, -0.2) is 0 Å². The Kier molecular flexibility index (Phi) is 6.46. The molecule has 8 heteroatoms. The molecule has 1 saturated heterocycles. The van der Waals surface area contributed by atoms with Crippen molar-refractivity contribution in [1.29, 1.82) is 0 Å². The molecule has 0 aromatic heterocycles. The summed E-state index contributed by atoms with van der Waals surface area (Å²) in [5.41, 5.74) is -0.141. The fourth-order valence-corrected chi connectivity index (χ4v) is 4.46. The molecule has 0 bridgehead atoms. The third kappa shape index (κ3) is 4.35. The molecule has 0 radical (unpaired) electrons. The molecule has 2 aromatic rings. The van der Waals surface area contributed by atoms with E-state index in [1.807, 2.05) is 12.1 Å². The van der Waals surface area contributed by atoms with Crippen molar-refractivity contribution in [1.82, 2.24) is 4.90 Å². The smallest absolute Gasteiger partial charge is 0.226 e. The molecule has 170 valence electrons. The number of amides is 1. The average Bonchev–Trinajstić information content (AvgIpc) is 2.80. The molecule has 0 aliphatic carbocycles. The number of ketones is 1. The molecule has 7 nitrogen and oxygen atoms in total. The molecule has 2 aliphatic heterocycles. The highest BCUT2D eigenvalue weighted by Crippen LogP contribution is 2.47. The van der Waals surface area contributed by atoms with Crippen LogP contribution in [-0.4, -0.2) is 56.1 Å². The number of halogens is 1. The van der Waals surface area contributed by atoms with E-state index in [1.54, 1.807) is 36.3 Å². The van der Waals surface area contributed by atoms with Crippen molar-refractivity contribution < 1.29 is 28.5 Å². The van der Waals surface area contributed by atoms with Gasteiger partial charge in [-0.1, -0.05) is 23.7 Å². The lowest BCUT2D eigenvalue weighted by Crippen LogP contribution is -2.52. The summed E-state index contributed by atoms with van der Waals surface area (Å²) >= 11 is 6.08. The minimum atomic E-state index is -0.644. The largest absolute Gasteiger partial charge is 0.493 e. The van der Waals surface area contributed by atoms with Gasteiger partial charge in [-0.15, -0.1) is 0 Å². The first-order valence-electron chi connectivity index (χ1n) is 10.6. The highest BCUT2D eigenvalue weighted by molar-refractivity contribution is 6.32. The molecule has 0 atom stereocenters. The number of piperidine rings is 1. The van der Waals surface area contributed by atoms with Crippen molar-refractivity contribution >= 4 is 23.3 Å². The minimum absolute atomic E-state index is 0.00805. The van der Waals surface area contributed by atoms with Gasteiger partial charge in [0.1, 0.15) is 11.4 Å². The van der Waals surface area contributed by atoms with Crippen LogP contribution in [0, 0.1) is 0 Å². The molecule has 2 aliphatic rings. The third-order valence-corrected chi connectivity index (χ3v) is 6.35. The number of Topliss-reactive ketones (excluding diaryl/α,β-unsaturated/α-hetero) is 1. The van der Waals surface area contributed by atoms with Gasteiger partial charge in [-0.3, -0.25) is 9.59 Å². The van der Waals surface area contributed by atoms with Crippen LogP contribution in [0.25, 0.3) is 0 Å². The van der Waals surface area contributed by atoms with E-state index < -0.39 is 5.60 Å². The SMILES string of the molecule is COc1ccc2c(c1OC)OC1(CCN(C(=O)CCOc3ccccc3Cl)CC1)CC2=O. The molecule has 2 aromatic carbocycles. The molecule has 0 saturated carbocycles. The lowest BCUT2D eigenvalue weighted by atomic mass is 9.82. The van der Waals surface area contributed by atoms with Crippen LogP contribution in [0.3, 0.4) is 0 Å². The van der Waals surface area contributed by atoms with Crippen LogP contribution in [0.4, 0.5) is 0 Å². The van der Waals surface area contributed by atoms with Gasteiger partial charge in [-0.05, 0) is 24.3 Å². The van der Waals surface area contributed by atoms with E-state index in [4.69, 9.17) is 30.5 Å². The van der Waals surface area contributed by atoms with E-state index in [0.717, 1.165) is 0 Å². The Balaban J connectivity index is 1.37. The number of likely N-dealkylation sites (tertiary alicyclic amines) is 1. The average molecular weight is 460 g/mol. The first-order valence-corrected chi connectivity index (χ1v) is 11.0. The van der Waals surface area contributed by atoms with Crippen molar-refractivity contribution in [3.05, 3.63) is 47.0 Å². The summed E-state index contributed by atoms with van der Waals surface area (Å²) in [5.74, 6) is 1.96. The first-order chi connectivity index (χ1) is 15.5. The second-order valence-corrected chi connectivity index (χ2v) is 8.38. The van der Waals surface area contributed by atoms with Crippen molar-refractivity contribution in [2.45, 2.75) is 31.3 Å². The zero-order valence-electron chi connectivity index (χ0n) is 18.2. The third-order valence-electron chi connectivity index (χ3n) is 6.04. The van der Waals surface area contributed by atoms with E-state index in [0.29, 0.717) is 59.5 Å².